The molecule has 5 heteroatoms. The van der Waals surface area contributed by atoms with E-state index in [0.717, 1.165) is 11.1 Å². The van der Waals surface area contributed by atoms with Crippen molar-refractivity contribution < 1.29 is 19.4 Å². The lowest BCUT2D eigenvalue weighted by molar-refractivity contribution is -0.160. The van der Waals surface area contributed by atoms with Crippen LogP contribution in [0.15, 0.2) is 18.2 Å². The Morgan fingerprint density at radius 2 is 1.80 bits per heavy atom. The van der Waals surface area contributed by atoms with Crippen molar-refractivity contribution in [3.05, 3.63) is 34.9 Å². The quantitative estimate of drug-likeness (QED) is 0.821. The molecule has 0 radical (unpaired) electrons. The predicted molar refractivity (Wildman–Crippen MR) is 96.3 cm³/mol. The van der Waals surface area contributed by atoms with Crippen LogP contribution in [0.5, 0.6) is 0 Å². The van der Waals surface area contributed by atoms with Crippen molar-refractivity contribution in [1.29, 1.82) is 0 Å². The van der Waals surface area contributed by atoms with Gasteiger partial charge in [0.15, 0.2) is 0 Å². The van der Waals surface area contributed by atoms with Gasteiger partial charge in [-0.3, -0.25) is 9.59 Å². The highest BCUT2D eigenvalue weighted by Crippen LogP contribution is 2.33. The maximum Gasteiger partial charge on any atom is 0.309 e. The molecule has 0 bridgehead atoms. The van der Waals surface area contributed by atoms with Gasteiger partial charge in [0, 0.05) is 18.0 Å². The Bertz CT molecular complexity index is 627. The molecule has 1 amide bonds. The van der Waals surface area contributed by atoms with Crippen LogP contribution >= 0.6 is 0 Å². The molecule has 0 aliphatic heterocycles. The summed E-state index contributed by atoms with van der Waals surface area (Å²) >= 11 is 0. The minimum Gasteiger partial charge on any atom is -0.460 e. The molecule has 138 valence electrons. The highest BCUT2D eigenvalue weighted by Gasteiger charge is 2.39. The number of aliphatic hydroxyl groups is 1. The standard InChI is InChI=1S/C20H29NO4/c1-12-7-6-8-13(2)17(12)18(23)21-11-15-9-14(10-16(15)22)19(24)25-20(3,4)5/h6-8,14-16,22H,9-11H2,1-5H3,(H,21,23)/t14?,15-,16-/m1/s1. The van der Waals surface area contributed by atoms with Crippen LogP contribution in [0.1, 0.15) is 55.1 Å². The topological polar surface area (TPSA) is 75.6 Å². The average molecular weight is 347 g/mol. The van der Waals surface area contributed by atoms with Gasteiger partial charge in [0.25, 0.3) is 5.91 Å². The third kappa shape index (κ3) is 5.05. The number of benzene rings is 1. The van der Waals surface area contributed by atoms with Gasteiger partial charge in [-0.15, -0.1) is 0 Å². The van der Waals surface area contributed by atoms with E-state index in [-0.39, 0.29) is 23.7 Å². The number of hydrogen-bond donors (Lipinski definition) is 2. The third-order valence-electron chi connectivity index (χ3n) is 4.63. The molecule has 3 atom stereocenters. The van der Waals surface area contributed by atoms with Crippen LogP contribution < -0.4 is 5.32 Å². The zero-order chi connectivity index (χ0) is 18.8. The Labute approximate surface area is 149 Å². The van der Waals surface area contributed by atoms with Crippen LogP contribution in [0, 0.1) is 25.7 Å². The van der Waals surface area contributed by atoms with E-state index in [1.807, 2.05) is 52.8 Å². The van der Waals surface area contributed by atoms with Crippen LogP contribution in [0.3, 0.4) is 0 Å². The number of hydrogen-bond acceptors (Lipinski definition) is 4. The fourth-order valence-corrected chi connectivity index (χ4v) is 3.38. The maximum atomic E-state index is 12.5. The van der Waals surface area contributed by atoms with Crippen LogP contribution in [0.25, 0.3) is 0 Å². The van der Waals surface area contributed by atoms with Crippen molar-refractivity contribution in [2.24, 2.45) is 11.8 Å². The van der Waals surface area contributed by atoms with Crippen LogP contribution in [0.4, 0.5) is 0 Å². The first-order chi connectivity index (χ1) is 11.6. The number of carbonyl (C=O) groups is 2. The fraction of sp³-hybridized carbons (Fsp3) is 0.600. The van der Waals surface area contributed by atoms with Crippen molar-refractivity contribution in [3.63, 3.8) is 0 Å². The van der Waals surface area contributed by atoms with Crippen molar-refractivity contribution in [3.8, 4) is 0 Å². The first-order valence-corrected chi connectivity index (χ1v) is 8.84. The molecule has 0 heterocycles. The van der Waals surface area contributed by atoms with Crippen molar-refractivity contribution >= 4 is 11.9 Å². The molecule has 5 nitrogen and oxygen atoms in total. The predicted octanol–water partition coefficient (Wildman–Crippen LogP) is 2.76. The zero-order valence-corrected chi connectivity index (χ0v) is 15.8. The van der Waals surface area contributed by atoms with E-state index in [1.54, 1.807) is 0 Å². The molecule has 1 aromatic carbocycles. The van der Waals surface area contributed by atoms with E-state index >= 15 is 0 Å². The summed E-state index contributed by atoms with van der Waals surface area (Å²) in [7, 11) is 0. The number of ether oxygens (including phenoxy) is 1. The van der Waals surface area contributed by atoms with Gasteiger partial charge in [-0.1, -0.05) is 18.2 Å². The minimum atomic E-state index is -0.601. The van der Waals surface area contributed by atoms with E-state index < -0.39 is 11.7 Å². The average Bonchev–Trinajstić information content (AvgIpc) is 2.84. The molecular formula is C20H29NO4. The minimum absolute atomic E-state index is 0.134. The summed E-state index contributed by atoms with van der Waals surface area (Å²) in [5, 5.41) is 13.1. The van der Waals surface area contributed by atoms with Gasteiger partial charge < -0.3 is 15.2 Å². The highest BCUT2D eigenvalue weighted by atomic mass is 16.6. The first-order valence-electron chi connectivity index (χ1n) is 8.84. The Morgan fingerprint density at radius 1 is 1.20 bits per heavy atom. The summed E-state index contributed by atoms with van der Waals surface area (Å²) in [5.41, 5.74) is 2.00. The molecule has 1 aliphatic carbocycles. The van der Waals surface area contributed by atoms with Crippen molar-refractivity contribution in [1.82, 2.24) is 5.32 Å². The number of carbonyl (C=O) groups excluding carboxylic acids is 2. The molecule has 1 unspecified atom stereocenters. The second-order valence-electron chi connectivity index (χ2n) is 8.01. The fourth-order valence-electron chi connectivity index (χ4n) is 3.38. The highest BCUT2D eigenvalue weighted by molar-refractivity contribution is 5.97. The molecule has 1 saturated carbocycles. The molecule has 1 aliphatic rings. The number of esters is 1. The first kappa shape index (κ1) is 19.4. The van der Waals surface area contributed by atoms with E-state index in [9.17, 15) is 14.7 Å². The summed E-state index contributed by atoms with van der Waals surface area (Å²) in [6.07, 6.45) is 0.317. The van der Waals surface area contributed by atoms with Crippen LogP contribution in [-0.4, -0.2) is 35.2 Å². The summed E-state index contributed by atoms with van der Waals surface area (Å²) < 4.78 is 5.41. The normalized spacial score (nSPS) is 23.4. The largest absolute Gasteiger partial charge is 0.460 e. The lowest BCUT2D eigenvalue weighted by atomic mass is 10.0. The maximum absolute atomic E-state index is 12.5. The van der Waals surface area contributed by atoms with Gasteiger partial charge in [-0.25, -0.2) is 0 Å². The summed E-state index contributed by atoms with van der Waals surface area (Å²) in [4.78, 5) is 24.6. The van der Waals surface area contributed by atoms with Gasteiger partial charge in [-0.05, 0) is 58.6 Å². The van der Waals surface area contributed by atoms with Gasteiger partial charge >= 0.3 is 5.97 Å². The Balaban J connectivity index is 1.93. The van der Waals surface area contributed by atoms with Crippen molar-refractivity contribution in [2.75, 3.05) is 6.54 Å². The number of aliphatic hydroxyl groups excluding tert-OH is 1. The number of rotatable bonds is 4. The van der Waals surface area contributed by atoms with Gasteiger partial charge in [0.2, 0.25) is 0 Å². The number of aryl methyl sites for hydroxylation is 2. The second-order valence-corrected chi connectivity index (χ2v) is 8.01. The molecule has 2 rings (SSSR count). The van der Waals surface area contributed by atoms with E-state index in [0.29, 0.717) is 24.9 Å². The van der Waals surface area contributed by atoms with Gasteiger partial charge in [0.1, 0.15) is 5.60 Å². The van der Waals surface area contributed by atoms with E-state index in [2.05, 4.69) is 5.32 Å². The van der Waals surface area contributed by atoms with E-state index in [1.165, 1.54) is 0 Å². The zero-order valence-electron chi connectivity index (χ0n) is 15.8. The molecule has 0 aromatic heterocycles. The van der Waals surface area contributed by atoms with Gasteiger partial charge in [-0.2, -0.15) is 0 Å². The monoisotopic (exact) mass is 347 g/mol. The Hall–Kier alpha value is -1.88. The van der Waals surface area contributed by atoms with Crippen molar-refractivity contribution in [2.45, 2.75) is 59.2 Å². The van der Waals surface area contributed by atoms with Crippen LogP contribution in [0.2, 0.25) is 0 Å². The Morgan fingerprint density at radius 3 is 2.36 bits per heavy atom. The number of nitrogens with one attached hydrogen (secondary N) is 1. The van der Waals surface area contributed by atoms with E-state index in [4.69, 9.17) is 4.74 Å². The lowest BCUT2D eigenvalue weighted by Crippen LogP contribution is -2.33. The van der Waals surface area contributed by atoms with Gasteiger partial charge in [0.05, 0.1) is 12.0 Å². The molecule has 2 N–H and O–H groups in total. The second kappa shape index (κ2) is 7.56. The Kier molecular flexibility index (Phi) is 5.88. The molecule has 0 saturated heterocycles. The number of amides is 1. The smallest absolute Gasteiger partial charge is 0.309 e. The molecular weight excluding hydrogens is 318 g/mol. The third-order valence-corrected chi connectivity index (χ3v) is 4.63. The summed E-state index contributed by atoms with van der Waals surface area (Å²) in [6, 6.07) is 5.74. The van der Waals surface area contributed by atoms with Crippen LogP contribution in [-0.2, 0) is 9.53 Å². The summed E-state index contributed by atoms with van der Waals surface area (Å²) in [6.45, 7) is 9.67. The molecule has 1 aromatic rings. The molecule has 0 spiro atoms. The molecule has 25 heavy (non-hydrogen) atoms. The molecule has 1 fully saturated rings. The summed E-state index contributed by atoms with van der Waals surface area (Å²) in [5.74, 6) is -0.847. The SMILES string of the molecule is Cc1cccc(C)c1C(=O)NC[C@H]1CC(C(=O)OC(C)(C)C)C[C@H]1O. The lowest BCUT2D eigenvalue weighted by Gasteiger charge is -2.22.